The third kappa shape index (κ3) is 1.92. The average molecular weight is 306 g/mol. The molecule has 0 N–H and O–H groups in total. The fourth-order valence-electron chi connectivity index (χ4n) is 2.98. The minimum atomic E-state index is -0.696. The topological polar surface area (TPSA) is 55.3 Å². The van der Waals surface area contributed by atoms with Crippen LogP contribution in [0.2, 0.25) is 5.15 Å². The third-order valence-electron chi connectivity index (χ3n) is 4.04. The summed E-state index contributed by atoms with van der Waals surface area (Å²) >= 11 is 6.20. The Hall–Kier alpha value is -1.72. The maximum absolute atomic E-state index is 12.6. The summed E-state index contributed by atoms with van der Waals surface area (Å²) in [6.45, 7) is 4.01. The van der Waals surface area contributed by atoms with Gasteiger partial charge in [-0.3, -0.25) is 4.79 Å². The second-order valence-electron chi connectivity index (χ2n) is 5.58. The van der Waals surface area contributed by atoms with Gasteiger partial charge < -0.3 is 9.64 Å². The summed E-state index contributed by atoms with van der Waals surface area (Å²) in [6.07, 6.45) is 0. The number of hydrogen-bond acceptors (Lipinski definition) is 4. The van der Waals surface area contributed by atoms with Crippen LogP contribution in [-0.2, 0) is 14.9 Å². The number of ether oxygens (including phenoxy) is 1. The highest BCUT2D eigenvalue weighted by molar-refractivity contribution is 6.34. The van der Waals surface area contributed by atoms with Gasteiger partial charge in [0.2, 0.25) is 5.91 Å². The van der Waals surface area contributed by atoms with Crippen LogP contribution in [0.3, 0.4) is 0 Å². The third-order valence-corrected chi connectivity index (χ3v) is 4.33. The minimum Gasteiger partial charge on any atom is -0.383 e. The number of amides is 1. The zero-order valence-electron chi connectivity index (χ0n) is 12.4. The molecule has 1 aliphatic rings. The molecular formula is C15H16ClN3O2. The number of anilines is 1. The Morgan fingerprint density at radius 1 is 1.38 bits per heavy atom. The zero-order chi connectivity index (χ0) is 15.4. The van der Waals surface area contributed by atoms with Crippen molar-refractivity contribution in [3.8, 4) is 0 Å². The van der Waals surface area contributed by atoms with E-state index in [9.17, 15) is 4.79 Å². The van der Waals surface area contributed by atoms with Gasteiger partial charge in [0, 0.05) is 25.2 Å². The lowest BCUT2D eigenvalue weighted by Gasteiger charge is -2.22. The van der Waals surface area contributed by atoms with E-state index in [0.29, 0.717) is 17.6 Å². The molecule has 21 heavy (non-hydrogen) atoms. The van der Waals surface area contributed by atoms with Crippen molar-refractivity contribution in [1.82, 2.24) is 9.97 Å². The minimum absolute atomic E-state index is 0.00968. The van der Waals surface area contributed by atoms with Gasteiger partial charge in [-0.2, -0.15) is 0 Å². The molecule has 2 aromatic rings. The van der Waals surface area contributed by atoms with Gasteiger partial charge in [0.05, 0.1) is 17.5 Å². The lowest BCUT2D eigenvalue weighted by molar-refractivity contribution is -0.124. The molecule has 0 saturated heterocycles. The van der Waals surface area contributed by atoms with Crippen LogP contribution in [0, 0.1) is 6.92 Å². The molecule has 110 valence electrons. The summed E-state index contributed by atoms with van der Waals surface area (Å²) in [5.74, 6) is 0.619. The molecule has 0 aliphatic carbocycles. The number of methoxy groups -OCH3 is 1. The predicted octanol–water partition coefficient (Wildman–Crippen LogP) is 2.47. The van der Waals surface area contributed by atoms with Gasteiger partial charge in [-0.25, -0.2) is 9.97 Å². The molecule has 0 saturated carbocycles. The van der Waals surface area contributed by atoms with Crippen LogP contribution in [0.4, 0.5) is 5.69 Å². The van der Waals surface area contributed by atoms with Crippen molar-refractivity contribution >= 4 is 34.1 Å². The monoisotopic (exact) mass is 305 g/mol. The average Bonchev–Trinajstić information content (AvgIpc) is 2.60. The number of carbonyl (C=O) groups excluding carboxylic acids is 1. The van der Waals surface area contributed by atoms with Crippen LogP contribution in [0.15, 0.2) is 12.1 Å². The van der Waals surface area contributed by atoms with E-state index in [-0.39, 0.29) is 5.91 Å². The summed E-state index contributed by atoms with van der Waals surface area (Å²) in [5.41, 5.74) is 1.80. The van der Waals surface area contributed by atoms with E-state index >= 15 is 0 Å². The van der Waals surface area contributed by atoms with Crippen LogP contribution in [0.5, 0.6) is 0 Å². The van der Waals surface area contributed by atoms with Crippen molar-refractivity contribution in [1.29, 1.82) is 0 Å². The Kier molecular flexibility index (Phi) is 3.15. The van der Waals surface area contributed by atoms with Gasteiger partial charge in [-0.1, -0.05) is 11.6 Å². The first-order chi connectivity index (χ1) is 9.88. The molecule has 0 spiro atoms. The van der Waals surface area contributed by atoms with Crippen molar-refractivity contribution < 1.29 is 9.53 Å². The summed E-state index contributed by atoms with van der Waals surface area (Å²) < 4.78 is 5.26. The SMILES string of the molecule is COCC1(C)C(=O)N(C)c2cc3c(Cl)nc(C)nc3cc21. The van der Waals surface area contributed by atoms with Gasteiger partial charge in [0.25, 0.3) is 0 Å². The molecule has 0 fully saturated rings. The number of likely N-dealkylation sites (N-methyl/N-ethyl adjacent to an activating group) is 1. The molecule has 5 nitrogen and oxygen atoms in total. The van der Waals surface area contributed by atoms with Gasteiger partial charge in [-0.05, 0) is 31.5 Å². The predicted molar refractivity (Wildman–Crippen MR) is 81.9 cm³/mol. The molecule has 1 amide bonds. The van der Waals surface area contributed by atoms with Crippen LogP contribution in [-0.4, -0.2) is 36.6 Å². The second-order valence-corrected chi connectivity index (χ2v) is 5.94. The number of aromatic nitrogens is 2. The molecule has 1 aromatic carbocycles. The van der Waals surface area contributed by atoms with Gasteiger partial charge >= 0.3 is 0 Å². The lowest BCUT2D eigenvalue weighted by Crippen LogP contribution is -2.39. The van der Waals surface area contributed by atoms with Gasteiger partial charge in [0.1, 0.15) is 11.0 Å². The first-order valence-corrected chi connectivity index (χ1v) is 7.02. The number of fused-ring (bicyclic) bond motifs is 2. The Labute approximate surface area is 127 Å². The molecule has 1 aromatic heterocycles. The number of benzene rings is 1. The highest BCUT2D eigenvalue weighted by Crippen LogP contribution is 2.43. The van der Waals surface area contributed by atoms with Crippen LogP contribution >= 0.6 is 11.6 Å². The lowest BCUT2D eigenvalue weighted by atomic mass is 9.84. The van der Waals surface area contributed by atoms with E-state index in [0.717, 1.165) is 22.2 Å². The van der Waals surface area contributed by atoms with Crippen molar-refractivity contribution in [3.63, 3.8) is 0 Å². The Bertz CT molecular complexity index is 762. The maximum Gasteiger partial charge on any atom is 0.239 e. The smallest absolute Gasteiger partial charge is 0.239 e. The molecule has 1 unspecified atom stereocenters. The van der Waals surface area contributed by atoms with Crippen molar-refractivity contribution in [2.24, 2.45) is 0 Å². The Balaban J connectivity index is 2.33. The first-order valence-electron chi connectivity index (χ1n) is 6.64. The maximum atomic E-state index is 12.6. The van der Waals surface area contributed by atoms with E-state index < -0.39 is 5.41 Å². The summed E-state index contributed by atoms with van der Waals surface area (Å²) in [6, 6.07) is 3.80. The molecule has 6 heteroatoms. The quantitative estimate of drug-likeness (QED) is 0.800. The highest BCUT2D eigenvalue weighted by atomic mass is 35.5. The van der Waals surface area contributed by atoms with Crippen LogP contribution in [0.1, 0.15) is 18.3 Å². The Morgan fingerprint density at radius 3 is 2.76 bits per heavy atom. The molecule has 0 bridgehead atoms. The molecular weight excluding hydrogens is 290 g/mol. The van der Waals surface area contributed by atoms with Crippen molar-refractivity contribution in [3.05, 3.63) is 28.7 Å². The van der Waals surface area contributed by atoms with E-state index in [1.165, 1.54) is 0 Å². The molecule has 3 rings (SSSR count). The summed E-state index contributed by atoms with van der Waals surface area (Å²) in [5, 5.41) is 1.16. The number of rotatable bonds is 2. The van der Waals surface area contributed by atoms with E-state index in [2.05, 4.69) is 9.97 Å². The van der Waals surface area contributed by atoms with Crippen molar-refractivity contribution in [2.75, 3.05) is 25.7 Å². The standard InChI is InChI=1S/C15H16ClN3O2/c1-8-17-11-6-10-12(5-9(11)13(16)18-8)19(3)14(20)15(10,2)7-21-4/h5-6H,7H2,1-4H3. The molecule has 1 aliphatic heterocycles. The first kappa shape index (κ1) is 14.2. The molecule has 2 heterocycles. The number of carbonyl (C=O) groups is 1. The number of halogens is 1. The second kappa shape index (κ2) is 4.64. The number of hydrogen-bond donors (Lipinski definition) is 0. The van der Waals surface area contributed by atoms with Crippen LogP contribution in [0.25, 0.3) is 10.9 Å². The van der Waals surface area contributed by atoms with E-state index in [1.54, 1.807) is 26.0 Å². The fraction of sp³-hybridized carbons (Fsp3) is 0.400. The number of nitrogens with zero attached hydrogens (tertiary/aromatic N) is 3. The van der Waals surface area contributed by atoms with E-state index in [1.807, 2.05) is 19.1 Å². The van der Waals surface area contributed by atoms with Crippen molar-refractivity contribution in [2.45, 2.75) is 19.3 Å². The fourth-order valence-corrected chi connectivity index (χ4v) is 3.25. The van der Waals surface area contributed by atoms with Gasteiger partial charge in [-0.15, -0.1) is 0 Å². The Morgan fingerprint density at radius 2 is 2.10 bits per heavy atom. The zero-order valence-corrected chi connectivity index (χ0v) is 13.2. The largest absolute Gasteiger partial charge is 0.383 e. The highest BCUT2D eigenvalue weighted by Gasteiger charge is 2.46. The van der Waals surface area contributed by atoms with E-state index in [4.69, 9.17) is 16.3 Å². The normalized spacial score (nSPS) is 21.2. The molecule has 1 atom stereocenters. The molecule has 0 radical (unpaired) electrons. The van der Waals surface area contributed by atoms with Gasteiger partial charge in [0.15, 0.2) is 0 Å². The van der Waals surface area contributed by atoms with Crippen LogP contribution < -0.4 is 4.90 Å². The summed E-state index contributed by atoms with van der Waals surface area (Å²) in [7, 11) is 3.36. The number of aryl methyl sites for hydroxylation is 1. The summed E-state index contributed by atoms with van der Waals surface area (Å²) in [4.78, 5) is 22.8.